The third-order valence-corrected chi connectivity index (χ3v) is 7.30. The standard InChI is InChI=1S/C29H45N3O5/c1-20(2)16-25-28(34)32(15-12-30-25)26(17-21(3)4)29(35)31-13-10-23(11-14-31)19-37-24-8-6-22(7-9-24)18-27(33)36-5/h6-9,20-21,23,25-26,30H,10-19H2,1-5H3/t25-,26-/m0/s1. The molecule has 2 atom stereocenters. The largest absolute Gasteiger partial charge is 0.493 e. The van der Waals surface area contributed by atoms with E-state index in [2.05, 4.69) is 33.0 Å². The zero-order valence-corrected chi connectivity index (χ0v) is 23.2. The maximum absolute atomic E-state index is 13.7. The Bertz CT molecular complexity index is 893. The number of piperazine rings is 1. The third-order valence-electron chi connectivity index (χ3n) is 7.30. The van der Waals surface area contributed by atoms with Crippen molar-refractivity contribution in [2.75, 3.05) is 39.9 Å². The van der Waals surface area contributed by atoms with Gasteiger partial charge in [0, 0.05) is 26.2 Å². The number of amides is 2. The number of ether oxygens (including phenoxy) is 2. The summed E-state index contributed by atoms with van der Waals surface area (Å²) in [4.78, 5) is 42.2. The lowest BCUT2D eigenvalue weighted by atomic mass is 9.94. The van der Waals surface area contributed by atoms with Crippen molar-refractivity contribution in [1.29, 1.82) is 0 Å². The maximum Gasteiger partial charge on any atom is 0.309 e. The fraction of sp³-hybridized carbons (Fsp3) is 0.690. The van der Waals surface area contributed by atoms with E-state index >= 15 is 0 Å². The molecule has 2 aliphatic heterocycles. The molecule has 206 valence electrons. The Morgan fingerprint density at radius 3 is 2.30 bits per heavy atom. The van der Waals surface area contributed by atoms with E-state index in [1.54, 1.807) is 0 Å². The Morgan fingerprint density at radius 1 is 1.03 bits per heavy atom. The molecule has 3 rings (SSSR count). The summed E-state index contributed by atoms with van der Waals surface area (Å²) in [5.74, 6) is 1.79. The van der Waals surface area contributed by atoms with Gasteiger partial charge in [-0.05, 0) is 61.1 Å². The molecule has 37 heavy (non-hydrogen) atoms. The summed E-state index contributed by atoms with van der Waals surface area (Å²) in [6.07, 6.45) is 3.49. The Hall–Kier alpha value is -2.61. The minimum absolute atomic E-state index is 0.0693. The van der Waals surface area contributed by atoms with Gasteiger partial charge in [0.15, 0.2) is 0 Å². The summed E-state index contributed by atoms with van der Waals surface area (Å²) >= 11 is 0. The van der Waals surface area contributed by atoms with Crippen molar-refractivity contribution in [3.63, 3.8) is 0 Å². The van der Waals surface area contributed by atoms with Gasteiger partial charge in [0.25, 0.3) is 0 Å². The van der Waals surface area contributed by atoms with Gasteiger partial charge in [0.2, 0.25) is 11.8 Å². The number of likely N-dealkylation sites (tertiary alicyclic amines) is 1. The molecule has 0 aliphatic carbocycles. The number of nitrogens with zero attached hydrogens (tertiary/aromatic N) is 2. The third kappa shape index (κ3) is 8.45. The van der Waals surface area contributed by atoms with Crippen LogP contribution in [0, 0.1) is 17.8 Å². The van der Waals surface area contributed by atoms with Crippen LogP contribution < -0.4 is 10.1 Å². The fourth-order valence-electron chi connectivity index (χ4n) is 5.22. The van der Waals surface area contributed by atoms with E-state index in [9.17, 15) is 14.4 Å². The lowest BCUT2D eigenvalue weighted by Crippen LogP contribution is -2.62. The Kier molecular flexibility index (Phi) is 10.8. The van der Waals surface area contributed by atoms with E-state index in [4.69, 9.17) is 9.47 Å². The van der Waals surface area contributed by atoms with Gasteiger partial charge in [-0.25, -0.2) is 0 Å². The van der Waals surface area contributed by atoms with Crippen LogP contribution in [0.1, 0.15) is 58.9 Å². The Balaban J connectivity index is 1.52. The molecular formula is C29H45N3O5. The van der Waals surface area contributed by atoms with Crippen molar-refractivity contribution in [2.45, 2.75) is 71.9 Å². The average molecular weight is 516 g/mol. The first-order valence-electron chi connectivity index (χ1n) is 13.8. The van der Waals surface area contributed by atoms with Gasteiger partial charge in [0.1, 0.15) is 11.8 Å². The number of hydrogen-bond donors (Lipinski definition) is 1. The first-order valence-corrected chi connectivity index (χ1v) is 13.8. The van der Waals surface area contributed by atoms with E-state index in [0.29, 0.717) is 50.4 Å². The number of hydrogen-bond acceptors (Lipinski definition) is 6. The monoisotopic (exact) mass is 515 g/mol. The van der Waals surface area contributed by atoms with Crippen LogP contribution in [0.15, 0.2) is 24.3 Å². The van der Waals surface area contributed by atoms with Gasteiger partial charge < -0.3 is 24.6 Å². The van der Waals surface area contributed by atoms with Gasteiger partial charge in [-0.3, -0.25) is 14.4 Å². The number of nitrogens with one attached hydrogen (secondary N) is 1. The summed E-state index contributed by atoms with van der Waals surface area (Å²) < 4.78 is 10.7. The lowest BCUT2D eigenvalue weighted by Gasteiger charge is -2.42. The molecule has 1 aromatic rings. The fourth-order valence-corrected chi connectivity index (χ4v) is 5.22. The number of methoxy groups -OCH3 is 1. The smallest absolute Gasteiger partial charge is 0.309 e. The molecule has 0 bridgehead atoms. The van der Waals surface area contributed by atoms with Gasteiger partial charge in [-0.2, -0.15) is 0 Å². The van der Waals surface area contributed by atoms with Crippen LogP contribution in [0.2, 0.25) is 0 Å². The molecule has 1 aromatic carbocycles. The summed E-state index contributed by atoms with van der Waals surface area (Å²) in [5, 5.41) is 3.35. The van der Waals surface area contributed by atoms with Crippen molar-refractivity contribution in [1.82, 2.24) is 15.1 Å². The van der Waals surface area contributed by atoms with Crippen LogP contribution >= 0.6 is 0 Å². The zero-order chi connectivity index (χ0) is 26.9. The lowest BCUT2D eigenvalue weighted by molar-refractivity contribution is -0.150. The summed E-state index contributed by atoms with van der Waals surface area (Å²) in [5.41, 5.74) is 0.889. The van der Waals surface area contributed by atoms with Crippen molar-refractivity contribution < 1.29 is 23.9 Å². The highest BCUT2D eigenvalue weighted by Crippen LogP contribution is 2.24. The van der Waals surface area contributed by atoms with E-state index in [1.165, 1.54) is 7.11 Å². The number of carbonyl (C=O) groups excluding carboxylic acids is 3. The van der Waals surface area contributed by atoms with Gasteiger partial charge in [-0.1, -0.05) is 39.8 Å². The number of rotatable bonds is 11. The highest BCUT2D eigenvalue weighted by atomic mass is 16.5. The average Bonchev–Trinajstić information content (AvgIpc) is 2.88. The van der Waals surface area contributed by atoms with E-state index in [-0.39, 0.29) is 36.3 Å². The van der Waals surface area contributed by atoms with E-state index in [1.807, 2.05) is 34.1 Å². The molecular weight excluding hydrogens is 470 g/mol. The second kappa shape index (κ2) is 13.8. The quantitative estimate of drug-likeness (QED) is 0.455. The molecule has 2 amide bonds. The molecule has 0 radical (unpaired) electrons. The molecule has 8 nitrogen and oxygen atoms in total. The number of benzene rings is 1. The molecule has 2 aliphatic rings. The second-order valence-electron chi connectivity index (χ2n) is 11.3. The summed E-state index contributed by atoms with van der Waals surface area (Å²) in [6, 6.07) is 6.93. The molecule has 2 heterocycles. The SMILES string of the molecule is COC(=O)Cc1ccc(OCC2CCN(C(=O)[C@H](CC(C)C)N3CCN[C@@H](CC(C)C)C3=O)CC2)cc1. The molecule has 0 saturated carbocycles. The minimum atomic E-state index is -0.388. The van der Waals surface area contributed by atoms with Crippen molar-refractivity contribution >= 4 is 17.8 Å². The van der Waals surface area contributed by atoms with Gasteiger partial charge >= 0.3 is 5.97 Å². The molecule has 0 spiro atoms. The zero-order valence-electron chi connectivity index (χ0n) is 23.2. The highest BCUT2D eigenvalue weighted by molar-refractivity contribution is 5.90. The Morgan fingerprint density at radius 2 is 1.70 bits per heavy atom. The minimum Gasteiger partial charge on any atom is -0.493 e. The van der Waals surface area contributed by atoms with Crippen molar-refractivity contribution in [2.24, 2.45) is 17.8 Å². The maximum atomic E-state index is 13.7. The predicted molar refractivity (Wildman–Crippen MR) is 143 cm³/mol. The molecule has 0 unspecified atom stereocenters. The second-order valence-corrected chi connectivity index (χ2v) is 11.3. The molecule has 0 aromatic heterocycles. The van der Waals surface area contributed by atoms with E-state index < -0.39 is 0 Å². The Labute approximate surface area is 222 Å². The first-order chi connectivity index (χ1) is 17.7. The number of carbonyl (C=O) groups is 3. The topological polar surface area (TPSA) is 88.2 Å². The molecule has 2 fully saturated rings. The van der Waals surface area contributed by atoms with Gasteiger partial charge in [-0.15, -0.1) is 0 Å². The molecule has 2 saturated heterocycles. The van der Waals surface area contributed by atoms with Gasteiger partial charge in [0.05, 0.1) is 26.2 Å². The van der Waals surface area contributed by atoms with E-state index in [0.717, 1.165) is 37.1 Å². The molecule has 8 heteroatoms. The van der Waals surface area contributed by atoms with Crippen LogP contribution in [0.3, 0.4) is 0 Å². The highest BCUT2D eigenvalue weighted by Gasteiger charge is 2.39. The normalized spacial score (nSPS) is 19.9. The van der Waals surface area contributed by atoms with Crippen molar-refractivity contribution in [3.05, 3.63) is 29.8 Å². The van der Waals surface area contributed by atoms with Crippen molar-refractivity contribution in [3.8, 4) is 5.75 Å². The van der Waals surface area contributed by atoms with Crippen LogP contribution in [-0.2, 0) is 25.5 Å². The van der Waals surface area contributed by atoms with Crippen LogP contribution in [0.25, 0.3) is 0 Å². The predicted octanol–water partition coefficient (Wildman–Crippen LogP) is 3.28. The van der Waals surface area contributed by atoms with Crippen LogP contribution in [0.5, 0.6) is 5.75 Å². The summed E-state index contributed by atoms with van der Waals surface area (Å²) in [7, 11) is 1.39. The van der Waals surface area contributed by atoms with Crippen LogP contribution in [-0.4, -0.2) is 79.6 Å². The number of esters is 1. The number of piperidine rings is 1. The van der Waals surface area contributed by atoms with Crippen LogP contribution in [0.4, 0.5) is 0 Å². The summed E-state index contributed by atoms with van der Waals surface area (Å²) in [6.45, 7) is 11.8. The molecule has 1 N–H and O–H groups in total. The first kappa shape index (κ1) is 29.0.